The van der Waals surface area contributed by atoms with Crippen molar-refractivity contribution in [2.24, 2.45) is 0 Å². The third-order valence-electron chi connectivity index (χ3n) is 1.13. The summed E-state index contributed by atoms with van der Waals surface area (Å²) < 4.78 is 0. The van der Waals surface area contributed by atoms with Gasteiger partial charge in [-0.3, -0.25) is 14.7 Å². The molecule has 0 bridgehead atoms. The summed E-state index contributed by atoms with van der Waals surface area (Å²) in [5.74, 6) is 0. The van der Waals surface area contributed by atoms with Gasteiger partial charge in [-0.05, 0) is 6.92 Å². The largest absolute Gasteiger partial charge is 0.302 e. The van der Waals surface area contributed by atoms with Crippen LogP contribution in [-0.2, 0) is 0 Å². The van der Waals surface area contributed by atoms with Gasteiger partial charge in [0, 0.05) is 5.69 Å². The number of nitrogens with one attached hydrogen (secondary N) is 2. The van der Waals surface area contributed by atoms with Gasteiger partial charge in [0.25, 0.3) is 5.56 Å². The van der Waals surface area contributed by atoms with Gasteiger partial charge >= 0.3 is 0 Å². The third kappa shape index (κ3) is 0.782. The molecule has 0 fully saturated rings. The monoisotopic (exact) mass is 126 g/mol. The predicted octanol–water partition coefficient (Wildman–Crippen LogP) is -0.176. The molecule has 0 aliphatic rings. The summed E-state index contributed by atoms with van der Waals surface area (Å²) in [6, 6.07) is 0. The van der Waals surface area contributed by atoms with Crippen LogP contribution in [0.1, 0.15) is 16.1 Å². The number of H-pyrrole nitrogens is 2. The zero-order valence-electron chi connectivity index (χ0n) is 4.89. The number of aldehydes is 1. The second-order valence-corrected chi connectivity index (χ2v) is 1.74. The number of hydrogen-bond acceptors (Lipinski definition) is 2. The summed E-state index contributed by atoms with van der Waals surface area (Å²) in [5, 5.41) is 4.80. The molecule has 0 aliphatic heterocycles. The molecule has 1 heterocycles. The van der Waals surface area contributed by atoms with Gasteiger partial charge in [-0.25, -0.2) is 0 Å². The molecule has 0 spiro atoms. The van der Waals surface area contributed by atoms with E-state index in [2.05, 4.69) is 10.2 Å². The Morgan fingerprint density at radius 2 is 2.11 bits per heavy atom. The van der Waals surface area contributed by atoms with Crippen LogP contribution in [0.15, 0.2) is 4.79 Å². The fraction of sp³-hybridized carbons (Fsp3) is 0.200. The van der Waals surface area contributed by atoms with E-state index < -0.39 is 0 Å². The Morgan fingerprint density at radius 3 is 2.33 bits per heavy atom. The number of carbonyl (C=O) groups excluding carboxylic acids is 1. The lowest BCUT2D eigenvalue weighted by Gasteiger charge is -1.77. The summed E-state index contributed by atoms with van der Waals surface area (Å²) in [4.78, 5) is 20.6. The summed E-state index contributed by atoms with van der Waals surface area (Å²) in [6.45, 7) is 1.65. The van der Waals surface area contributed by atoms with Crippen LogP contribution in [0.25, 0.3) is 0 Å². The van der Waals surface area contributed by atoms with E-state index in [9.17, 15) is 9.59 Å². The van der Waals surface area contributed by atoms with Crippen molar-refractivity contribution in [3.05, 3.63) is 21.6 Å². The molecule has 0 unspecified atom stereocenters. The molecule has 0 aliphatic carbocycles. The molecule has 1 rings (SSSR count). The highest BCUT2D eigenvalue weighted by molar-refractivity contribution is 5.75. The first kappa shape index (κ1) is 5.81. The molecule has 0 atom stereocenters. The van der Waals surface area contributed by atoms with E-state index in [1.807, 2.05) is 0 Å². The highest BCUT2D eigenvalue weighted by Crippen LogP contribution is 1.89. The van der Waals surface area contributed by atoms with E-state index in [1.54, 1.807) is 6.92 Å². The Kier molecular flexibility index (Phi) is 1.22. The van der Waals surface area contributed by atoms with Crippen molar-refractivity contribution in [1.29, 1.82) is 0 Å². The van der Waals surface area contributed by atoms with Crippen LogP contribution in [0.4, 0.5) is 0 Å². The minimum absolute atomic E-state index is 0.176. The van der Waals surface area contributed by atoms with Crippen LogP contribution in [0, 0.1) is 6.92 Å². The van der Waals surface area contributed by atoms with E-state index in [0.29, 0.717) is 12.0 Å². The molecule has 0 radical (unpaired) electrons. The maximum atomic E-state index is 10.6. The minimum Gasteiger partial charge on any atom is -0.302 e. The Labute approximate surface area is 50.9 Å². The molecule has 0 saturated carbocycles. The fourth-order valence-electron chi connectivity index (χ4n) is 0.597. The zero-order valence-corrected chi connectivity index (χ0v) is 4.89. The smallest absolute Gasteiger partial charge is 0.274 e. The van der Waals surface area contributed by atoms with Gasteiger partial charge in [0.2, 0.25) is 0 Å². The third-order valence-corrected chi connectivity index (χ3v) is 1.13. The van der Waals surface area contributed by atoms with Crippen LogP contribution in [-0.4, -0.2) is 16.5 Å². The van der Waals surface area contributed by atoms with Crippen LogP contribution in [0.5, 0.6) is 0 Å². The Morgan fingerprint density at radius 1 is 1.44 bits per heavy atom. The normalized spacial score (nSPS) is 9.44. The van der Waals surface area contributed by atoms with Crippen molar-refractivity contribution in [3.63, 3.8) is 0 Å². The quantitative estimate of drug-likeness (QED) is 0.513. The first-order valence-electron chi connectivity index (χ1n) is 2.48. The van der Waals surface area contributed by atoms with Gasteiger partial charge in [0.05, 0.1) is 0 Å². The first-order chi connectivity index (χ1) is 4.25. The molecule has 0 saturated heterocycles. The first-order valence-corrected chi connectivity index (χ1v) is 2.48. The van der Waals surface area contributed by atoms with Crippen LogP contribution in [0.2, 0.25) is 0 Å². The van der Waals surface area contributed by atoms with Crippen molar-refractivity contribution in [2.75, 3.05) is 0 Å². The molecule has 4 heteroatoms. The number of hydrogen-bond donors (Lipinski definition) is 2. The molecule has 1 aromatic rings. The molecule has 48 valence electrons. The average Bonchev–Trinajstić information content (AvgIpc) is 2.12. The van der Waals surface area contributed by atoms with Crippen molar-refractivity contribution in [3.8, 4) is 0 Å². The molecular formula is C5H6N2O2. The molecule has 9 heavy (non-hydrogen) atoms. The summed E-state index contributed by atoms with van der Waals surface area (Å²) in [6.07, 6.45) is 0.532. The van der Waals surface area contributed by atoms with Crippen LogP contribution >= 0.6 is 0 Å². The van der Waals surface area contributed by atoms with Crippen molar-refractivity contribution in [2.45, 2.75) is 6.92 Å². The molecular weight excluding hydrogens is 120 g/mol. The number of rotatable bonds is 1. The second kappa shape index (κ2) is 1.89. The predicted molar refractivity (Wildman–Crippen MR) is 31.5 cm³/mol. The number of aromatic nitrogens is 2. The maximum absolute atomic E-state index is 10.6. The van der Waals surface area contributed by atoms with E-state index in [1.165, 1.54) is 0 Å². The van der Waals surface area contributed by atoms with Crippen molar-refractivity contribution in [1.82, 2.24) is 10.2 Å². The molecule has 4 nitrogen and oxygen atoms in total. The lowest BCUT2D eigenvalue weighted by atomic mass is 10.3. The van der Waals surface area contributed by atoms with E-state index >= 15 is 0 Å². The summed E-state index contributed by atoms with van der Waals surface area (Å²) >= 11 is 0. The molecule has 0 amide bonds. The Balaban J connectivity index is 3.40. The standard InChI is InChI=1S/C5H6N2O2/c1-3-4(2-8)5(9)7-6-3/h2H,1H3,(H2,6,7,9). The van der Waals surface area contributed by atoms with E-state index in [4.69, 9.17) is 0 Å². The molecule has 2 N–H and O–H groups in total. The van der Waals surface area contributed by atoms with Crippen LogP contribution in [0.3, 0.4) is 0 Å². The highest BCUT2D eigenvalue weighted by atomic mass is 16.1. The minimum atomic E-state index is -0.359. The topological polar surface area (TPSA) is 65.7 Å². The van der Waals surface area contributed by atoms with Crippen molar-refractivity contribution >= 4 is 6.29 Å². The van der Waals surface area contributed by atoms with Gasteiger partial charge < -0.3 is 5.10 Å². The summed E-state index contributed by atoms with van der Waals surface area (Å²) in [7, 11) is 0. The molecule has 0 aromatic carbocycles. The fourth-order valence-corrected chi connectivity index (χ4v) is 0.597. The zero-order chi connectivity index (χ0) is 6.85. The number of aromatic amines is 2. The van der Waals surface area contributed by atoms with Gasteiger partial charge in [-0.15, -0.1) is 0 Å². The highest BCUT2D eigenvalue weighted by Gasteiger charge is 2.01. The number of aryl methyl sites for hydroxylation is 1. The van der Waals surface area contributed by atoms with E-state index in [0.717, 1.165) is 0 Å². The average molecular weight is 126 g/mol. The Hall–Kier alpha value is -1.32. The summed E-state index contributed by atoms with van der Waals surface area (Å²) in [5.41, 5.74) is 0.396. The number of carbonyl (C=O) groups is 1. The Bertz CT molecular complexity index is 271. The van der Waals surface area contributed by atoms with Gasteiger partial charge in [-0.1, -0.05) is 0 Å². The SMILES string of the molecule is Cc1[nH][nH]c(=O)c1C=O. The van der Waals surface area contributed by atoms with Gasteiger partial charge in [0.15, 0.2) is 6.29 Å². The van der Waals surface area contributed by atoms with Crippen molar-refractivity contribution < 1.29 is 4.79 Å². The molecule has 1 aromatic heterocycles. The lowest BCUT2D eigenvalue weighted by Crippen LogP contribution is -2.04. The maximum Gasteiger partial charge on any atom is 0.274 e. The van der Waals surface area contributed by atoms with Gasteiger partial charge in [0.1, 0.15) is 5.56 Å². The second-order valence-electron chi connectivity index (χ2n) is 1.74. The van der Waals surface area contributed by atoms with E-state index in [-0.39, 0.29) is 11.1 Å². The van der Waals surface area contributed by atoms with Crippen LogP contribution < -0.4 is 5.56 Å². The lowest BCUT2D eigenvalue weighted by molar-refractivity contribution is 0.112. The van der Waals surface area contributed by atoms with Gasteiger partial charge in [-0.2, -0.15) is 0 Å².